The molecule has 1 fully saturated rings. The zero-order valence-electron chi connectivity index (χ0n) is 11.1. The Morgan fingerprint density at radius 2 is 2.11 bits per heavy atom. The van der Waals surface area contributed by atoms with E-state index in [0.29, 0.717) is 5.82 Å². The van der Waals surface area contributed by atoms with Gasteiger partial charge in [0.2, 0.25) is 0 Å². The number of aryl methyl sites for hydroxylation is 1. The van der Waals surface area contributed by atoms with Crippen molar-refractivity contribution in [1.82, 2.24) is 14.9 Å². The second-order valence-corrected chi connectivity index (χ2v) is 4.69. The van der Waals surface area contributed by atoms with E-state index in [-0.39, 0.29) is 0 Å². The number of hydrazine groups is 1. The third-order valence-corrected chi connectivity index (χ3v) is 3.18. The van der Waals surface area contributed by atoms with Crippen molar-refractivity contribution in [2.75, 3.05) is 30.9 Å². The highest BCUT2D eigenvalue weighted by atomic mass is 15.3. The summed E-state index contributed by atoms with van der Waals surface area (Å²) in [5, 5.41) is 3.32. The van der Waals surface area contributed by atoms with Crippen molar-refractivity contribution < 1.29 is 0 Å². The van der Waals surface area contributed by atoms with Crippen LogP contribution in [0.25, 0.3) is 0 Å². The fourth-order valence-corrected chi connectivity index (χ4v) is 1.88. The van der Waals surface area contributed by atoms with Crippen LogP contribution in [-0.2, 0) is 6.42 Å². The highest BCUT2D eigenvalue weighted by Gasteiger charge is 2.25. The van der Waals surface area contributed by atoms with Gasteiger partial charge in [0.25, 0.3) is 0 Å². The summed E-state index contributed by atoms with van der Waals surface area (Å²) in [5.74, 6) is 7.67. The summed E-state index contributed by atoms with van der Waals surface area (Å²) in [6.07, 6.45) is 3.47. The number of nitrogen functional groups attached to an aromatic ring is 1. The number of aromatic nitrogens is 2. The van der Waals surface area contributed by atoms with Gasteiger partial charge in [-0.1, -0.05) is 6.92 Å². The monoisotopic (exact) mass is 250 g/mol. The van der Waals surface area contributed by atoms with Gasteiger partial charge in [-0.25, -0.2) is 15.8 Å². The highest BCUT2D eigenvalue weighted by molar-refractivity contribution is 5.46. The van der Waals surface area contributed by atoms with E-state index < -0.39 is 0 Å². The van der Waals surface area contributed by atoms with Crippen LogP contribution in [0, 0.1) is 0 Å². The van der Waals surface area contributed by atoms with E-state index in [0.717, 1.165) is 37.2 Å². The molecule has 100 valence electrons. The topological polar surface area (TPSA) is 79.1 Å². The maximum Gasteiger partial charge on any atom is 0.145 e. The summed E-state index contributed by atoms with van der Waals surface area (Å²) in [5.41, 5.74) is 2.57. The Kier molecular flexibility index (Phi) is 4.33. The van der Waals surface area contributed by atoms with Crippen LogP contribution in [0.15, 0.2) is 6.07 Å². The minimum atomic E-state index is 0.653. The van der Waals surface area contributed by atoms with Gasteiger partial charge in [-0.05, 0) is 19.9 Å². The molecule has 18 heavy (non-hydrogen) atoms. The summed E-state index contributed by atoms with van der Waals surface area (Å²) in [4.78, 5) is 11.1. The molecule has 0 aliphatic heterocycles. The smallest absolute Gasteiger partial charge is 0.145 e. The SMILES string of the molecule is CCc1nc(NN)cc(NCCN(C)C2CC2)n1. The minimum Gasteiger partial charge on any atom is -0.369 e. The predicted octanol–water partition coefficient (Wildman–Crippen LogP) is 0.831. The Morgan fingerprint density at radius 3 is 2.72 bits per heavy atom. The van der Waals surface area contributed by atoms with Crippen LogP contribution in [-0.4, -0.2) is 41.0 Å². The molecule has 2 rings (SSSR count). The second kappa shape index (κ2) is 5.97. The van der Waals surface area contributed by atoms with Crippen LogP contribution in [0.1, 0.15) is 25.6 Å². The third-order valence-electron chi connectivity index (χ3n) is 3.18. The number of nitrogens with one attached hydrogen (secondary N) is 2. The van der Waals surface area contributed by atoms with Gasteiger partial charge in [0, 0.05) is 31.6 Å². The molecule has 1 aliphatic carbocycles. The lowest BCUT2D eigenvalue weighted by Gasteiger charge is -2.16. The molecular weight excluding hydrogens is 228 g/mol. The first-order valence-electron chi connectivity index (χ1n) is 6.51. The van der Waals surface area contributed by atoms with E-state index in [1.807, 2.05) is 13.0 Å². The number of nitrogens with zero attached hydrogens (tertiary/aromatic N) is 3. The van der Waals surface area contributed by atoms with Crippen molar-refractivity contribution in [2.45, 2.75) is 32.2 Å². The first kappa shape index (κ1) is 13.0. The van der Waals surface area contributed by atoms with Crippen molar-refractivity contribution in [2.24, 2.45) is 5.84 Å². The molecule has 6 heteroatoms. The molecule has 0 bridgehead atoms. The Bertz CT molecular complexity index is 368. The van der Waals surface area contributed by atoms with Crippen LogP contribution in [0.2, 0.25) is 0 Å². The van der Waals surface area contributed by atoms with Crippen LogP contribution < -0.4 is 16.6 Å². The van der Waals surface area contributed by atoms with Gasteiger partial charge >= 0.3 is 0 Å². The maximum absolute atomic E-state index is 5.39. The maximum atomic E-state index is 5.39. The number of likely N-dealkylation sites (N-methyl/N-ethyl adjacent to an activating group) is 1. The fraction of sp³-hybridized carbons (Fsp3) is 0.667. The van der Waals surface area contributed by atoms with Crippen molar-refractivity contribution in [3.8, 4) is 0 Å². The molecule has 0 spiro atoms. The molecule has 1 aliphatic rings. The molecule has 0 radical (unpaired) electrons. The van der Waals surface area contributed by atoms with Crippen molar-refractivity contribution >= 4 is 11.6 Å². The zero-order chi connectivity index (χ0) is 13.0. The average molecular weight is 250 g/mol. The van der Waals surface area contributed by atoms with Gasteiger partial charge in [-0.3, -0.25) is 0 Å². The molecule has 1 heterocycles. The number of nitrogens with two attached hydrogens (primary N) is 1. The molecule has 6 nitrogen and oxygen atoms in total. The van der Waals surface area contributed by atoms with Crippen molar-refractivity contribution in [1.29, 1.82) is 0 Å². The summed E-state index contributed by atoms with van der Waals surface area (Å²) >= 11 is 0. The van der Waals surface area contributed by atoms with Gasteiger partial charge in [0.15, 0.2) is 0 Å². The van der Waals surface area contributed by atoms with Gasteiger partial charge in [-0.15, -0.1) is 0 Å². The normalized spacial score (nSPS) is 14.9. The summed E-state index contributed by atoms with van der Waals surface area (Å²) in [6.45, 7) is 3.94. The molecule has 1 aromatic rings. The van der Waals surface area contributed by atoms with E-state index in [1.165, 1.54) is 12.8 Å². The predicted molar refractivity (Wildman–Crippen MR) is 73.4 cm³/mol. The summed E-state index contributed by atoms with van der Waals surface area (Å²) in [7, 11) is 2.17. The summed E-state index contributed by atoms with van der Waals surface area (Å²) in [6, 6.07) is 2.63. The highest BCUT2D eigenvalue weighted by Crippen LogP contribution is 2.24. The molecule has 0 aromatic carbocycles. The molecule has 1 saturated carbocycles. The minimum absolute atomic E-state index is 0.653. The average Bonchev–Trinajstić information content (AvgIpc) is 3.22. The lowest BCUT2D eigenvalue weighted by molar-refractivity contribution is 0.337. The second-order valence-electron chi connectivity index (χ2n) is 4.69. The number of hydrogen-bond donors (Lipinski definition) is 3. The van der Waals surface area contributed by atoms with E-state index >= 15 is 0 Å². The van der Waals surface area contributed by atoms with Gasteiger partial charge in [0.05, 0.1) is 0 Å². The Morgan fingerprint density at radius 1 is 1.39 bits per heavy atom. The first-order chi connectivity index (χ1) is 8.72. The molecule has 0 atom stereocenters. The van der Waals surface area contributed by atoms with Crippen molar-refractivity contribution in [3.05, 3.63) is 11.9 Å². The fourth-order valence-electron chi connectivity index (χ4n) is 1.88. The van der Waals surface area contributed by atoms with Crippen LogP contribution in [0.3, 0.4) is 0 Å². The largest absolute Gasteiger partial charge is 0.369 e. The van der Waals surface area contributed by atoms with E-state index in [4.69, 9.17) is 5.84 Å². The molecule has 4 N–H and O–H groups in total. The molecule has 0 amide bonds. The van der Waals surface area contributed by atoms with Gasteiger partial charge in [0.1, 0.15) is 17.5 Å². The molecule has 0 unspecified atom stereocenters. The Labute approximate surface area is 108 Å². The summed E-state index contributed by atoms with van der Waals surface area (Å²) < 4.78 is 0. The lowest BCUT2D eigenvalue weighted by Crippen LogP contribution is -2.27. The molecule has 0 saturated heterocycles. The van der Waals surface area contributed by atoms with E-state index in [2.05, 4.69) is 32.7 Å². The van der Waals surface area contributed by atoms with Crippen LogP contribution in [0.4, 0.5) is 11.6 Å². The molecule has 1 aromatic heterocycles. The quantitative estimate of drug-likeness (QED) is 0.491. The third kappa shape index (κ3) is 3.54. The first-order valence-corrected chi connectivity index (χ1v) is 6.51. The lowest BCUT2D eigenvalue weighted by atomic mass is 10.4. The van der Waals surface area contributed by atoms with Gasteiger partial charge in [-0.2, -0.15) is 0 Å². The van der Waals surface area contributed by atoms with E-state index in [9.17, 15) is 0 Å². The number of rotatable bonds is 7. The van der Waals surface area contributed by atoms with Crippen LogP contribution in [0.5, 0.6) is 0 Å². The Hall–Kier alpha value is -1.40. The van der Waals surface area contributed by atoms with E-state index in [1.54, 1.807) is 0 Å². The number of anilines is 2. The van der Waals surface area contributed by atoms with Gasteiger partial charge < -0.3 is 15.6 Å². The number of hydrogen-bond acceptors (Lipinski definition) is 6. The standard InChI is InChI=1S/C12H22N6/c1-3-10-15-11(8-12(16-10)17-13)14-6-7-18(2)9-4-5-9/h8-9H,3-7,13H2,1-2H3,(H2,14,15,16,17). The van der Waals surface area contributed by atoms with Crippen molar-refractivity contribution in [3.63, 3.8) is 0 Å². The van der Waals surface area contributed by atoms with Crippen LogP contribution >= 0.6 is 0 Å². The Balaban J connectivity index is 1.87. The zero-order valence-corrected chi connectivity index (χ0v) is 11.1. The molecular formula is C12H22N6.